The maximum Gasteiger partial charge on any atom is 0.255 e. The number of amides is 1. The molecule has 0 bridgehead atoms. The summed E-state index contributed by atoms with van der Waals surface area (Å²) < 4.78 is 1.85. The van der Waals surface area contributed by atoms with Crippen molar-refractivity contribution < 1.29 is 4.79 Å². The van der Waals surface area contributed by atoms with Gasteiger partial charge in [-0.15, -0.1) is 5.10 Å². The van der Waals surface area contributed by atoms with Crippen molar-refractivity contribution >= 4 is 22.6 Å². The number of aromatic nitrogens is 3. The van der Waals surface area contributed by atoms with Crippen LogP contribution in [0, 0.1) is 13.8 Å². The molecule has 5 nitrogen and oxygen atoms in total. The fourth-order valence-electron chi connectivity index (χ4n) is 2.61. The molecular formula is C18H20N4O. The first kappa shape index (κ1) is 15.2. The third kappa shape index (κ3) is 2.95. The molecule has 1 aromatic heterocycles. The van der Waals surface area contributed by atoms with Gasteiger partial charge in [-0.2, -0.15) is 0 Å². The number of fused-ring (bicyclic) bond motifs is 1. The number of hydrogen-bond donors (Lipinski definition) is 1. The fourth-order valence-corrected chi connectivity index (χ4v) is 2.61. The monoisotopic (exact) mass is 308 g/mol. The molecule has 0 aliphatic heterocycles. The molecule has 23 heavy (non-hydrogen) atoms. The van der Waals surface area contributed by atoms with Crippen LogP contribution in [-0.2, 0) is 0 Å². The smallest absolute Gasteiger partial charge is 0.255 e. The minimum absolute atomic E-state index is 0.141. The summed E-state index contributed by atoms with van der Waals surface area (Å²) in [7, 11) is 0. The number of anilines is 1. The van der Waals surface area contributed by atoms with Crippen LogP contribution in [0.4, 0.5) is 5.69 Å². The van der Waals surface area contributed by atoms with Crippen LogP contribution in [0.5, 0.6) is 0 Å². The Balaban J connectivity index is 1.89. The third-order valence-corrected chi connectivity index (χ3v) is 3.85. The molecule has 0 aliphatic carbocycles. The van der Waals surface area contributed by atoms with Crippen LogP contribution in [0.15, 0.2) is 36.4 Å². The first-order valence-electron chi connectivity index (χ1n) is 7.69. The van der Waals surface area contributed by atoms with Gasteiger partial charge in [0.15, 0.2) is 0 Å². The zero-order valence-electron chi connectivity index (χ0n) is 13.8. The number of nitrogens with zero attached hydrogens (tertiary/aromatic N) is 3. The van der Waals surface area contributed by atoms with Crippen LogP contribution in [0.25, 0.3) is 11.0 Å². The van der Waals surface area contributed by atoms with Crippen LogP contribution in [0.1, 0.15) is 41.4 Å². The molecular weight excluding hydrogens is 288 g/mol. The first-order valence-corrected chi connectivity index (χ1v) is 7.69. The topological polar surface area (TPSA) is 59.8 Å². The zero-order valence-corrected chi connectivity index (χ0v) is 13.8. The quantitative estimate of drug-likeness (QED) is 0.798. The Morgan fingerprint density at radius 3 is 2.61 bits per heavy atom. The van der Waals surface area contributed by atoms with Gasteiger partial charge in [-0.25, -0.2) is 4.68 Å². The molecule has 5 heteroatoms. The zero-order chi connectivity index (χ0) is 16.6. The van der Waals surface area contributed by atoms with E-state index in [2.05, 4.69) is 29.5 Å². The van der Waals surface area contributed by atoms with E-state index in [1.807, 2.05) is 48.9 Å². The largest absolute Gasteiger partial charge is 0.322 e. The molecule has 0 atom stereocenters. The van der Waals surface area contributed by atoms with Crippen LogP contribution in [0.3, 0.4) is 0 Å². The van der Waals surface area contributed by atoms with Gasteiger partial charge >= 0.3 is 0 Å². The predicted octanol–water partition coefficient (Wildman–Crippen LogP) is 3.88. The molecule has 0 radical (unpaired) electrons. The van der Waals surface area contributed by atoms with E-state index in [-0.39, 0.29) is 11.9 Å². The molecule has 3 rings (SSSR count). The maximum absolute atomic E-state index is 12.5. The summed E-state index contributed by atoms with van der Waals surface area (Å²) in [5.74, 6) is -0.141. The van der Waals surface area contributed by atoms with E-state index in [0.717, 1.165) is 22.3 Å². The highest BCUT2D eigenvalue weighted by Gasteiger charge is 2.12. The van der Waals surface area contributed by atoms with Gasteiger partial charge < -0.3 is 5.32 Å². The van der Waals surface area contributed by atoms with Gasteiger partial charge in [-0.3, -0.25) is 4.79 Å². The van der Waals surface area contributed by atoms with Crippen molar-refractivity contribution in [2.75, 3.05) is 5.32 Å². The van der Waals surface area contributed by atoms with E-state index in [4.69, 9.17) is 0 Å². The molecule has 0 unspecified atom stereocenters. The maximum atomic E-state index is 12.5. The highest BCUT2D eigenvalue weighted by Crippen LogP contribution is 2.20. The molecule has 0 fully saturated rings. The molecule has 3 aromatic rings. The van der Waals surface area contributed by atoms with Crippen LogP contribution >= 0.6 is 0 Å². The minimum Gasteiger partial charge on any atom is -0.322 e. The van der Waals surface area contributed by atoms with Crippen molar-refractivity contribution in [1.29, 1.82) is 0 Å². The van der Waals surface area contributed by atoms with Crippen molar-refractivity contribution in [3.8, 4) is 0 Å². The van der Waals surface area contributed by atoms with Gasteiger partial charge in [0.1, 0.15) is 5.52 Å². The van der Waals surface area contributed by atoms with Gasteiger partial charge in [0.05, 0.1) is 5.52 Å². The van der Waals surface area contributed by atoms with E-state index in [0.29, 0.717) is 5.56 Å². The standard InChI is InChI=1S/C18H20N4O/c1-11(2)22-17-8-6-14(10-16(17)20-21-22)18(23)19-15-7-5-12(3)9-13(15)4/h5-11H,1-4H3,(H,19,23). The molecule has 2 aromatic carbocycles. The highest BCUT2D eigenvalue weighted by molar-refractivity contribution is 6.06. The third-order valence-electron chi connectivity index (χ3n) is 3.85. The fraction of sp³-hybridized carbons (Fsp3) is 0.278. The lowest BCUT2D eigenvalue weighted by atomic mass is 10.1. The lowest BCUT2D eigenvalue weighted by Crippen LogP contribution is -2.12. The Morgan fingerprint density at radius 2 is 1.91 bits per heavy atom. The lowest BCUT2D eigenvalue weighted by Gasteiger charge is -2.09. The summed E-state index contributed by atoms with van der Waals surface area (Å²) in [5, 5.41) is 11.2. The number of aryl methyl sites for hydroxylation is 2. The second-order valence-electron chi connectivity index (χ2n) is 6.10. The Labute approximate surface area is 135 Å². The Hall–Kier alpha value is -2.69. The molecule has 1 amide bonds. The molecule has 0 saturated heterocycles. The average Bonchev–Trinajstić information content (AvgIpc) is 2.93. The van der Waals surface area contributed by atoms with E-state index >= 15 is 0 Å². The first-order chi connectivity index (χ1) is 11.0. The summed E-state index contributed by atoms with van der Waals surface area (Å²) in [6.07, 6.45) is 0. The molecule has 1 heterocycles. The minimum atomic E-state index is -0.141. The molecule has 0 aliphatic rings. The number of nitrogens with one attached hydrogen (secondary N) is 1. The van der Waals surface area contributed by atoms with Gasteiger partial charge in [0, 0.05) is 17.3 Å². The predicted molar refractivity (Wildman–Crippen MR) is 91.8 cm³/mol. The van der Waals surface area contributed by atoms with Gasteiger partial charge in [0.2, 0.25) is 0 Å². The number of benzene rings is 2. The van der Waals surface area contributed by atoms with Gasteiger partial charge in [0.25, 0.3) is 5.91 Å². The van der Waals surface area contributed by atoms with E-state index in [1.54, 1.807) is 6.07 Å². The molecule has 118 valence electrons. The summed E-state index contributed by atoms with van der Waals surface area (Å²) in [4.78, 5) is 12.5. The number of carbonyl (C=O) groups is 1. The average molecular weight is 308 g/mol. The van der Waals surface area contributed by atoms with E-state index in [1.165, 1.54) is 5.56 Å². The number of hydrogen-bond acceptors (Lipinski definition) is 3. The highest BCUT2D eigenvalue weighted by atomic mass is 16.1. The van der Waals surface area contributed by atoms with Gasteiger partial charge in [-0.05, 0) is 57.5 Å². The normalized spacial score (nSPS) is 11.2. The van der Waals surface area contributed by atoms with E-state index in [9.17, 15) is 4.79 Å². The van der Waals surface area contributed by atoms with Crippen molar-refractivity contribution in [2.24, 2.45) is 0 Å². The second-order valence-corrected chi connectivity index (χ2v) is 6.10. The summed E-state index contributed by atoms with van der Waals surface area (Å²) in [6, 6.07) is 11.7. The number of carbonyl (C=O) groups excluding carboxylic acids is 1. The molecule has 0 saturated carbocycles. The summed E-state index contributed by atoms with van der Waals surface area (Å²) in [5.41, 5.74) is 5.28. The Bertz CT molecular complexity index is 880. The SMILES string of the molecule is Cc1ccc(NC(=O)c2ccc3c(c2)nnn3C(C)C)c(C)c1. The molecule has 1 N–H and O–H groups in total. The van der Waals surface area contributed by atoms with E-state index < -0.39 is 0 Å². The lowest BCUT2D eigenvalue weighted by molar-refractivity contribution is 0.102. The van der Waals surface area contributed by atoms with Crippen molar-refractivity contribution in [1.82, 2.24) is 15.0 Å². The molecule has 0 spiro atoms. The summed E-state index contributed by atoms with van der Waals surface area (Å²) >= 11 is 0. The summed E-state index contributed by atoms with van der Waals surface area (Å²) in [6.45, 7) is 8.12. The van der Waals surface area contributed by atoms with Gasteiger partial charge in [-0.1, -0.05) is 22.9 Å². The van der Waals surface area contributed by atoms with Crippen molar-refractivity contribution in [3.63, 3.8) is 0 Å². The van der Waals surface area contributed by atoms with Crippen molar-refractivity contribution in [3.05, 3.63) is 53.1 Å². The Kier molecular flexibility index (Phi) is 3.86. The Morgan fingerprint density at radius 1 is 1.13 bits per heavy atom. The van der Waals surface area contributed by atoms with Crippen molar-refractivity contribution in [2.45, 2.75) is 33.7 Å². The van der Waals surface area contributed by atoms with Crippen LogP contribution < -0.4 is 5.32 Å². The second kappa shape index (κ2) is 5.83. The van der Waals surface area contributed by atoms with Crippen LogP contribution in [-0.4, -0.2) is 20.9 Å². The number of rotatable bonds is 3. The van der Waals surface area contributed by atoms with Crippen LogP contribution in [0.2, 0.25) is 0 Å².